The van der Waals surface area contributed by atoms with Gasteiger partial charge in [0.15, 0.2) is 17.0 Å². The number of halogens is 2. The summed E-state index contributed by atoms with van der Waals surface area (Å²) in [6.07, 6.45) is 0. The van der Waals surface area contributed by atoms with Crippen LogP contribution in [0, 0.1) is 28.1 Å². The molecular formula is C22H17Cl2N3O5. The monoisotopic (exact) mass is 473 g/mol. The van der Waals surface area contributed by atoms with Crippen LogP contribution in [-0.4, -0.2) is 34.3 Å². The van der Waals surface area contributed by atoms with Gasteiger partial charge in [-0.3, -0.25) is 4.79 Å². The molecule has 2 atom stereocenters. The van der Waals surface area contributed by atoms with E-state index < -0.39 is 38.5 Å². The van der Waals surface area contributed by atoms with Crippen LogP contribution in [0.4, 0.5) is 5.69 Å². The van der Waals surface area contributed by atoms with Crippen molar-refractivity contribution in [3.8, 4) is 12.1 Å². The number of hydrogen-bond acceptors (Lipinski definition) is 8. The van der Waals surface area contributed by atoms with Crippen LogP contribution >= 0.6 is 23.2 Å². The molecule has 0 bridgehead atoms. The van der Waals surface area contributed by atoms with Gasteiger partial charge in [-0.05, 0) is 45.0 Å². The molecule has 8 nitrogen and oxygen atoms in total. The van der Waals surface area contributed by atoms with Gasteiger partial charge in [-0.15, -0.1) is 0 Å². The topological polar surface area (TPSA) is 135 Å². The molecule has 0 spiro atoms. The van der Waals surface area contributed by atoms with Crippen molar-refractivity contribution >= 4 is 40.6 Å². The van der Waals surface area contributed by atoms with Crippen LogP contribution in [-0.2, 0) is 9.53 Å². The van der Waals surface area contributed by atoms with Crippen molar-refractivity contribution < 1.29 is 24.5 Å². The number of aliphatic hydroxyl groups is 2. The second-order valence-electron chi connectivity index (χ2n) is 7.12. The summed E-state index contributed by atoms with van der Waals surface area (Å²) >= 11 is 12.5. The Balaban J connectivity index is 2.45. The van der Waals surface area contributed by atoms with E-state index in [0.29, 0.717) is 5.56 Å². The number of carbonyl (C=O) groups excluding carboxylic acids is 2. The van der Waals surface area contributed by atoms with Gasteiger partial charge in [-0.1, -0.05) is 23.2 Å². The van der Waals surface area contributed by atoms with Crippen LogP contribution in [0.2, 0.25) is 0 Å². The Hall–Kier alpha value is -3.30. The van der Waals surface area contributed by atoms with E-state index >= 15 is 0 Å². The van der Waals surface area contributed by atoms with Crippen LogP contribution in [0.1, 0.15) is 31.1 Å². The molecule has 164 valence electrons. The summed E-state index contributed by atoms with van der Waals surface area (Å²) in [6.45, 7) is 4.32. The molecule has 0 fully saturated rings. The third-order valence-corrected chi connectivity index (χ3v) is 6.45. The SMILES string of the molecule is CCOC(=O)C1=C(C)N(c2ccc(C(C)=O)cc2)C2(O)C(Cl)=C(Cl)C(O)=C(C#N)C12C#N. The predicted octanol–water partition coefficient (Wildman–Crippen LogP) is 3.78. The molecule has 2 aliphatic rings. The molecule has 1 aliphatic heterocycles. The summed E-state index contributed by atoms with van der Waals surface area (Å²) in [5, 5.41) is 41.5. The van der Waals surface area contributed by atoms with E-state index in [1.807, 2.05) is 6.07 Å². The van der Waals surface area contributed by atoms with Gasteiger partial charge in [0.2, 0.25) is 5.72 Å². The minimum Gasteiger partial charge on any atom is -0.505 e. The normalized spacial score (nSPS) is 24.8. The molecule has 3 rings (SSSR count). The van der Waals surface area contributed by atoms with Gasteiger partial charge in [0.25, 0.3) is 0 Å². The van der Waals surface area contributed by atoms with Gasteiger partial charge in [0, 0.05) is 16.9 Å². The molecule has 0 saturated heterocycles. The fourth-order valence-electron chi connectivity index (χ4n) is 4.13. The Labute approximate surface area is 193 Å². The van der Waals surface area contributed by atoms with Crippen molar-refractivity contribution in [3.63, 3.8) is 0 Å². The number of nitrogens with zero attached hydrogens (tertiary/aromatic N) is 3. The van der Waals surface area contributed by atoms with E-state index in [2.05, 4.69) is 0 Å². The first-order chi connectivity index (χ1) is 15.0. The highest BCUT2D eigenvalue weighted by Crippen LogP contribution is 2.63. The Morgan fingerprint density at radius 3 is 2.28 bits per heavy atom. The fourth-order valence-corrected chi connectivity index (χ4v) is 4.67. The Kier molecular flexibility index (Phi) is 5.84. The van der Waals surface area contributed by atoms with E-state index in [9.17, 15) is 30.3 Å². The second kappa shape index (κ2) is 7.99. The molecular weight excluding hydrogens is 457 g/mol. The molecule has 0 saturated carbocycles. The zero-order valence-corrected chi connectivity index (χ0v) is 18.7. The number of carbonyl (C=O) groups is 2. The van der Waals surface area contributed by atoms with Crippen molar-refractivity contribution in [1.82, 2.24) is 0 Å². The lowest BCUT2D eigenvalue weighted by atomic mass is 9.66. The van der Waals surface area contributed by atoms with Gasteiger partial charge in [0.1, 0.15) is 16.7 Å². The molecule has 0 amide bonds. The number of hydrogen-bond donors (Lipinski definition) is 2. The van der Waals surface area contributed by atoms with Crippen LogP contribution in [0.15, 0.2) is 56.9 Å². The summed E-state index contributed by atoms with van der Waals surface area (Å²) in [7, 11) is 0. The summed E-state index contributed by atoms with van der Waals surface area (Å²) < 4.78 is 5.11. The number of nitriles is 2. The van der Waals surface area contributed by atoms with E-state index in [4.69, 9.17) is 27.9 Å². The molecule has 0 radical (unpaired) electrons. The van der Waals surface area contributed by atoms with Gasteiger partial charge < -0.3 is 19.8 Å². The van der Waals surface area contributed by atoms with E-state index in [1.54, 1.807) is 13.0 Å². The Bertz CT molecular complexity index is 1220. The lowest BCUT2D eigenvalue weighted by Gasteiger charge is -2.45. The van der Waals surface area contributed by atoms with Gasteiger partial charge in [-0.25, -0.2) is 4.79 Å². The number of rotatable bonds is 4. The Morgan fingerprint density at radius 1 is 1.22 bits per heavy atom. The molecule has 10 heteroatoms. The van der Waals surface area contributed by atoms with Gasteiger partial charge >= 0.3 is 5.97 Å². The number of aliphatic hydroxyl groups excluding tert-OH is 1. The third kappa shape index (κ3) is 2.78. The summed E-state index contributed by atoms with van der Waals surface area (Å²) in [5.74, 6) is -1.99. The lowest BCUT2D eigenvalue weighted by Crippen LogP contribution is -2.59. The number of allylic oxidation sites excluding steroid dienone is 2. The largest absolute Gasteiger partial charge is 0.505 e. The molecule has 0 aromatic heterocycles. The molecule has 2 N–H and O–H groups in total. The van der Waals surface area contributed by atoms with Crippen LogP contribution < -0.4 is 4.90 Å². The first-order valence-corrected chi connectivity index (χ1v) is 10.1. The highest BCUT2D eigenvalue weighted by molar-refractivity contribution is 6.42. The molecule has 2 unspecified atom stereocenters. The van der Waals surface area contributed by atoms with Gasteiger partial charge in [-0.2, -0.15) is 10.5 Å². The Morgan fingerprint density at radius 2 is 1.81 bits per heavy atom. The van der Waals surface area contributed by atoms with Crippen molar-refractivity contribution in [2.45, 2.75) is 26.5 Å². The maximum absolute atomic E-state index is 13.0. The first-order valence-electron chi connectivity index (χ1n) is 9.37. The van der Waals surface area contributed by atoms with Crippen LogP contribution in [0.5, 0.6) is 0 Å². The average molecular weight is 474 g/mol. The summed E-state index contributed by atoms with van der Waals surface area (Å²) in [5.41, 5.74) is -5.35. The number of ether oxygens (including phenoxy) is 1. The summed E-state index contributed by atoms with van der Waals surface area (Å²) in [4.78, 5) is 25.8. The fraction of sp³-hybridized carbons (Fsp3) is 0.273. The quantitative estimate of drug-likeness (QED) is 0.497. The zero-order chi connectivity index (χ0) is 24.0. The number of esters is 1. The number of fused-ring (bicyclic) bond motifs is 1. The summed E-state index contributed by atoms with van der Waals surface area (Å²) in [6, 6.07) is 9.47. The third-order valence-electron chi connectivity index (χ3n) is 5.53. The van der Waals surface area contributed by atoms with E-state index in [0.717, 1.165) is 0 Å². The van der Waals surface area contributed by atoms with Crippen molar-refractivity contribution in [2.75, 3.05) is 11.5 Å². The number of benzene rings is 1. The highest BCUT2D eigenvalue weighted by Gasteiger charge is 2.72. The van der Waals surface area contributed by atoms with Crippen LogP contribution in [0.3, 0.4) is 0 Å². The zero-order valence-electron chi connectivity index (χ0n) is 17.2. The van der Waals surface area contributed by atoms with Crippen LogP contribution in [0.25, 0.3) is 0 Å². The smallest absolute Gasteiger partial charge is 0.338 e. The predicted molar refractivity (Wildman–Crippen MR) is 115 cm³/mol. The molecule has 1 heterocycles. The highest BCUT2D eigenvalue weighted by atomic mass is 35.5. The molecule has 1 aromatic carbocycles. The molecule has 1 aromatic rings. The minimum atomic E-state index is -2.57. The lowest BCUT2D eigenvalue weighted by molar-refractivity contribution is -0.140. The average Bonchev–Trinajstić information content (AvgIpc) is 2.97. The first kappa shape index (κ1) is 23.4. The van der Waals surface area contributed by atoms with E-state index in [1.165, 1.54) is 43.0 Å². The number of Topliss-reactive ketones (excluding diaryl/α,β-unsaturated/α-hetero) is 1. The molecule has 32 heavy (non-hydrogen) atoms. The maximum Gasteiger partial charge on any atom is 0.338 e. The van der Waals surface area contributed by atoms with Gasteiger partial charge in [0.05, 0.1) is 23.3 Å². The maximum atomic E-state index is 13.0. The molecule has 1 aliphatic carbocycles. The van der Waals surface area contributed by atoms with E-state index in [-0.39, 0.29) is 29.3 Å². The number of ketones is 1. The second-order valence-corrected chi connectivity index (χ2v) is 7.87. The van der Waals surface area contributed by atoms with Crippen molar-refractivity contribution in [3.05, 3.63) is 62.5 Å². The standard InChI is InChI=1S/C22H17Cl2N3O5/c1-4-32-20(30)16-11(2)27(14-7-5-13(6-8-14)12(3)28)22(31)19(24)17(23)18(29)15(9-25)21(16,22)10-26/h5-8,29,31H,4H2,1-3H3. The number of anilines is 1. The minimum absolute atomic E-state index is 0.0492. The van der Waals surface area contributed by atoms with Crippen molar-refractivity contribution in [2.24, 2.45) is 5.41 Å². The van der Waals surface area contributed by atoms with Crippen molar-refractivity contribution in [1.29, 1.82) is 10.5 Å².